The van der Waals surface area contributed by atoms with Crippen LogP contribution >= 0.6 is 0 Å². The van der Waals surface area contributed by atoms with Gasteiger partial charge in [-0.05, 0) is 31.2 Å². The number of nitrogens with one attached hydrogen (secondary N) is 2. The molecule has 134 valence electrons. The number of anilines is 2. The van der Waals surface area contributed by atoms with Crippen molar-refractivity contribution < 1.29 is 27.3 Å². The van der Waals surface area contributed by atoms with Gasteiger partial charge >= 0.3 is 5.97 Å². The van der Waals surface area contributed by atoms with Crippen LogP contribution in [0.3, 0.4) is 0 Å². The van der Waals surface area contributed by atoms with Crippen molar-refractivity contribution in [3.8, 4) is 0 Å². The normalized spacial score (nSPS) is 11.0. The van der Waals surface area contributed by atoms with E-state index in [1.807, 2.05) is 0 Å². The Bertz CT molecular complexity index is 858. The van der Waals surface area contributed by atoms with E-state index in [9.17, 15) is 18.0 Å². The van der Waals surface area contributed by atoms with E-state index in [1.54, 1.807) is 6.92 Å². The SMILES string of the molecule is COC(=O)CCC(=O)Nc1ccc(S(=O)(=O)Nc2cc(C)on2)cc1. The number of hydrogen-bond acceptors (Lipinski definition) is 7. The smallest absolute Gasteiger partial charge is 0.306 e. The highest BCUT2D eigenvalue weighted by molar-refractivity contribution is 7.92. The summed E-state index contributed by atoms with van der Waals surface area (Å²) in [5.41, 5.74) is 0.408. The zero-order chi connectivity index (χ0) is 18.4. The summed E-state index contributed by atoms with van der Waals surface area (Å²) in [4.78, 5) is 22.7. The zero-order valence-corrected chi connectivity index (χ0v) is 14.4. The molecule has 0 aliphatic rings. The maximum atomic E-state index is 12.2. The fourth-order valence-electron chi connectivity index (χ4n) is 1.87. The summed E-state index contributed by atoms with van der Waals surface area (Å²) in [5, 5.41) is 6.13. The Morgan fingerprint density at radius 3 is 2.44 bits per heavy atom. The second-order valence-corrected chi connectivity index (χ2v) is 6.76. The summed E-state index contributed by atoms with van der Waals surface area (Å²) in [6.07, 6.45) is -0.0599. The number of ether oxygens (including phenoxy) is 1. The zero-order valence-electron chi connectivity index (χ0n) is 13.6. The number of esters is 1. The Morgan fingerprint density at radius 1 is 1.20 bits per heavy atom. The van der Waals surface area contributed by atoms with E-state index in [0.29, 0.717) is 11.4 Å². The van der Waals surface area contributed by atoms with Crippen LogP contribution in [0.1, 0.15) is 18.6 Å². The Balaban J connectivity index is 1.99. The van der Waals surface area contributed by atoms with Crippen LogP contribution in [0.25, 0.3) is 0 Å². The van der Waals surface area contributed by atoms with Crippen LogP contribution in [0.4, 0.5) is 11.5 Å². The fourth-order valence-corrected chi connectivity index (χ4v) is 2.85. The number of nitrogens with zero attached hydrogens (tertiary/aromatic N) is 1. The molecule has 0 saturated heterocycles. The molecule has 0 saturated carbocycles. The van der Waals surface area contributed by atoms with E-state index in [0.717, 1.165) is 0 Å². The minimum Gasteiger partial charge on any atom is -0.469 e. The predicted octanol–water partition coefficient (Wildman–Crippen LogP) is 1.68. The van der Waals surface area contributed by atoms with Gasteiger partial charge in [-0.25, -0.2) is 8.42 Å². The molecule has 0 aliphatic carbocycles. The van der Waals surface area contributed by atoms with Crippen molar-refractivity contribution >= 4 is 33.4 Å². The van der Waals surface area contributed by atoms with Gasteiger partial charge in [0.15, 0.2) is 5.82 Å². The van der Waals surface area contributed by atoms with Gasteiger partial charge in [0, 0.05) is 18.2 Å². The number of rotatable bonds is 7. The summed E-state index contributed by atoms with van der Waals surface area (Å²) in [6.45, 7) is 1.64. The molecule has 1 aromatic carbocycles. The molecule has 0 radical (unpaired) electrons. The van der Waals surface area contributed by atoms with Crippen LogP contribution in [0.2, 0.25) is 0 Å². The van der Waals surface area contributed by atoms with Crippen molar-refractivity contribution in [2.45, 2.75) is 24.7 Å². The molecule has 0 aliphatic heterocycles. The number of amides is 1. The third kappa shape index (κ3) is 5.31. The molecule has 25 heavy (non-hydrogen) atoms. The fraction of sp³-hybridized carbons (Fsp3) is 0.267. The number of aromatic nitrogens is 1. The number of carbonyl (C=O) groups excluding carboxylic acids is 2. The van der Waals surface area contributed by atoms with Gasteiger partial charge in [-0.1, -0.05) is 5.16 Å². The van der Waals surface area contributed by atoms with Gasteiger partial charge in [-0.3, -0.25) is 14.3 Å². The van der Waals surface area contributed by atoms with E-state index in [1.165, 1.54) is 37.4 Å². The molecule has 10 heteroatoms. The van der Waals surface area contributed by atoms with Crippen LogP contribution in [-0.4, -0.2) is 32.6 Å². The first-order valence-corrected chi connectivity index (χ1v) is 8.71. The lowest BCUT2D eigenvalue weighted by Crippen LogP contribution is -2.15. The number of methoxy groups -OCH3 is 1. The van der Waals surface area contributed by atoms with Gasteiger partial charge < -0.3 is 14.6 Å². The van der Waals surface area contributed by atoms with Crippen molar-refractivity contribution in [1.29, 1.82) is 0 Å². The average Bonchev–Trinajstić information content (AvgIpc) is 2.97. The highest BCUT2D eigenvalue weighted by Crippen LogP contribution is 2.18. The molecule has 2 aromatic rings. The highest BCUT2D eigenvalue weighted by atomic mass is 32.2. The minimum absolute atomic E-state index is 0.000660. The molecular weight excluding hydrogens is 350 g/mol. The molecule has 0 atom stereocenters. The third-order valence-corrected chi connectivity index (χ3v) is 4.47. The lowest BCUT2D eigenvalue weighted by atomic mass is 10.2. The van der Waals surface area contributed by atoms with E-state index in [2.05, 4.69) is 19.9 Å². The molecule has 0 spiro atoms. The van der Waals surface area contributed by atoms with Crippen molar-refractivity contribution in [1.82, 2.24) is 5.16 Å². The van der Waals surface area contributed by atoms with E-state index in [4.69, 9.17) is 4.52 Å². The first-order chi connectivity index (χ1) is 11.8. The number of carbonyl (C=O) groups is 2. The monoisotopic (exact) mass is 367 g/mol. The quantitative estimate of drug-likeness (QED) is 0.713. The van der Waals surface area contributed by atoms with Crippen LogP contribution in [0.15, 0.2) is 39.8 Å². The van der Waals surface area contributed by atoms with E-state index in [-0.39, 0.29) is 29.5 Å². The average molecular weight is 367 g/mol. The lowest BCUT2D eigenvalue weighted by Gasteiger charge is -2.07. The molecule has 2 N–H and O–H groups in total. The van der Waals surface area contributed by atoms with Gasteiger partial charge in [0.2, 0.25) is 5.91 Å². The van der Waals surface area contributed by atoms with Crippen LogP contribution in [0, 0.1) is 6.92 Å². The maximum Gasteiger partial charge on any atom is 0.306 e. The molecule has 0 bridgehead atoms. The van der Waals surface area contributed by atoms with Crippen LogP contribution < -0.4 is 10.0 Å². The largest absolute Gasteiger partial charge is 0.469 e. The lowest BCUT2D eigenvalue weighted by molar-refractivity contribution is -0.141. The van der Waals surface area contributed by atoms with Crippen molar-refractivity contribution in [2.24, 2.45) is 0 Å². The van der Waals surface area contributed by atoms with Crippen LogP contribution in [0.5, 0.6) is 0 Å². The standard InChI is InChI=1S/C15H17N3O6S/c1-10-9-13(17-24-10)18-25(21,22)12-5-3-11(4-6-12)16-14(19)7-8-15(20)23-2/h3-6,9H,7-8H2,1-2H3,(H,16,19)(H,17,18). The van der Waals surface area contributed by atoms with Gasteiger partial charge in [0.05, 0.1) is 18.4 Å². The first kappa shape index (κ1) is 18.5. The van der Waals surface area contributed by atoms with E-state index < -0.39 is 16.0 Å². The second-order valence-electron chi connectivity index (χ2n) is 5.08. The summed E-state index contributed by atoms with van der Waals surface area (Å²) in [5.74, 6) is -0.302. The van der Waals surface area contributed by atoms with E-state index >= 15 is 0 Å². The number of aryl methyl sites for hydroxylation is 1. The summed E-state index contributed by atoms with van der Waals surface area (Å²) in [7, 11) is -2.57. The number of benzene rings is 1. The highest BCUT2D eigenvalue weighted by Gasteiger charge is 2.16. The molecule has 1 aromatic heterocycles. The van der Waals surface area contributed by atoms with Gasteiger partial charge in [0.25, 0.3) is 10.0 Å². The first-order valence-electron chi connectivity index (χ1n) is 7.23. The van der Waals surface area contributed by atoms with Gasteiger partial charge in [-0.2, -0.15) is 0 Å². The van der Waals surface area contributed by atoms with Crippen molar-refractivity contribution in [3.63, 3.8) is 0 Å². The summed E-state index contributed by atoms with van der Waals surface area (Å²) < 4.78 is 36.0. The second kappa shape index (κ2) is 7.79. The Kier molecular flexibility index (Phi) is 5.75. The van der Waals surface area contributed by atoms with Crippen molar-refractivity contribution in [3.05, 3.63) is 36.1 Å². The molecule has 2 rings (SSSR count). The third-order valence-electron chi connectivity index (χ3n) is 3.10. The van der Waals surface area contributed by atoms with Gasteiger partial charge in [0.1, 0.15) is 5.76 Å². The molecule has 0 fully saturated rings. The molecule has 0 unspecified atom stereocenters. The Labute approximate surface area is 144 Å². The Morgan fingerprint density at radius 2 is 1.88 bits per heavy atom. The summed E-state index contributed by atoms with van der Waals surface area (Å²) in [6, 6.07) is 7.02. The molecule has 1 amide bonds. The molecular formula is C15H17N3O6S. The topological polar surface area (TPSA) is 128 Å². The van der Waals surface area contributed by atoms with Crippen molar-refractivity contribution in [2.75, 3.05) is 17.1 Å². The maximum absolute atomic E-state index is 12.2. The van der Waals surface area contributed by atoms with Gasteiger partial charge in [-0.15, -0.1) is 0 Å². The summed E-state index contributed by atoms with van der Waals surface area (Å²) >= 11 is 0. The minimum atomic E-state index is -3.82. The Hall–Kier alpha value is -2.88. The molecule has 9 nitrogen and oxygen atoms in total. The van der Waals surface area contributed by atoms with Crippen LogP contribution in [-0.2, 0) is 24.3 Å². The number of hydrogen-bond donors (Lipinski definition) is 2. The molecule has 1 heterocycles. The predicted molar refractivity (Wildman–Crippen MR) is 88.4 cm³/mol. The number of sulfonamides is 1.